The fourth-order valence-corrected chi connectivity index (χ4v) is 4.07. The molecule has 0 radical (unpaired) electrons. The number of hydrogen-bond donors (Lipinski definition) is 3. The molecule has 2 rings (SSSR count). The van der Waals surface area contributed by atoms with E-state index >= 15 is 0 Å². The van der Waals surface area contributed by atoms with Crippen LogP contribution in [0.2, 0.25) is 0 Å². The SMILES string of the molecule is COc1cc(CCC(C)(COP(=O)(O)O)NC(=O)OC(C)(C)C)ccc1OCCCCc1ccccc1. The number of rotatable bonds is 14. The molecule has 0 spiro atoms. The van der Waals surface area contributed by atoms with Crippen LogP contribution in [0.15, 0.2) is 48.5 Å². The van der Waals surface area contributed by atoms with Crippen molar-refractivity contribution >= 4 is 13.9 Å². The van der Waals surface area contributed by atoms with Gasteiger partial charge >= 0.3 is 13.9 Å². The van der Waals surface area contributed by atoms with E-state index in [4.69, 9.17) is 28.5 Å². The summed E-state index contributed by atoms with van der Waals surface area (Å²) in [6, 6.07) is 15.9. The van der Waals surface area contributed by atoms with E-state index in [0.717, 1.165) is 24.8 Å². The Labute approximate surface area is 219 Å². The van der Waals surface area contributed by atoms with Gasteiger partial charge in [0, 0.05) is 0 Å². The van der Waals surface area contributed by atoms with Crippen LogP contribution in [0.4, 0.5) is 4.79 Å². The minimum absolute atomic E-state index is 0.328. The molecule has 9 nitrogen and oxygen atoms in total. The number of ether oxygens (including phenoxy) is 3. The van der Waals surface area contributed by atoms with Crippen LogP contribution in [0.1, 0.15) is 58.1 Å². The smallest absolute Gasteiger partial charge is 0.469 e. The van der Waals surface area contributed by atoms with E-state index in [1.807, 2.05) is 36.4 Å². The number of unbranched alkanes of at least 4 members (excludes halogenated alkanes) is 1. The molecule has 0 aliphatic heterocycles. The molecule has 10 heteroatoms. The van der Waals surface area contributed by atoms with E-state index in [9.17, 15) is 9.36 Å². The number of alkyl carbamates (subject to hydrolysis) is 1. The molecule has 1 unspecified atom stereocenters. The zero-order valence-electron chi connectivity index (χ0n) is 22.4. The highest BCUT2D eigenvalue weighted by molar-refractivity contribution is 7.46. The van der Waals surface area contributed by atoms with Gasteiger partial charge in [0.2, 0.25) is 0 Å². The lowest BCUT2D eigenvalue weighted by molar-refractivity contribution is 0.0399. The van der Waals surface area contributed by atoms with Gasteiger partial charge in [-0.3, -0.25) is 4.52 Å². The molecule has 0 fully saturated rings. The molecule has 1 atom stereocenters. The fourth-order valence-electron chi connectivity index (χ4n) is 3.61. The summed E-state index contributed by atoms with van der Waals surface area (Å²) < 4.78 is 32.8. The first-order valence-electron chi connectivity index (χ1n) is 12.3. The highest BCUT2D eigenvalue weighted by Crippen LogP contribution is 2.37. The van der Waals surface area contributed by atoms with Crippen molar-refractivity contribution in [3.63, 3.8) is 0 Å². The molecule has 2 aromatic carbocycles. The lowest BCUT2D eigenvalue weighted by Crippen LogP contribution is -2.51. The second-order valence-corrected chi connectivity index (χ2v) is 11.5. The maximum Gasteiger partial charge on any atom is 0.469 e. The van der Waals surface area contributed by atoms with Gasteiger partial charge in [0.05, 0.1) is 25.9 Å². The van der Waals surface area contributed by atoms with Crippen molar-refractivity contribution < 1.29 is 37.9 Å². The Morgan fingerprint density at radius 1 is 0.946 bits per heavy atom. The lowest BCUT2D eigenvalue weighted by Gasteiger charge is -2.32. The maximum absolute atomic E-state index is 12.4. The van der Waals surface area contributed by atoms with Crippen molar-refractivity contribution in [2.24, 2.45) is 0 Å². The van der Waals surface area contributed by atoms with Gasteiger partial charge in [-0.1, -0.05) is 36.4 Å². The first-order valence-corrected chi connectivity index (χ1v) is 13.9. The Balaban J connectivity index is 1.96. The normalized spacial score (nSPS) is 13.5. The Morgan fingerprint density at radius 2 is 1.65 bits per heavy atom. The van der Waals surface area contributed by atoms with E-state index in [0.29, 0.717) is 30.9 Å². The first kappa shape index (κ1) is 30.6. The van der Waals surface area contributed by atoms with Crippen LogP contribution in [0, 0.1) is 0 Å². The van der Waals surface area contributed by atoms with Gasteiger partial charge in [0.1, 0.15) is 5.60 Å². The van der Waals surface area contributed by atoms with Gasteiger partial charge < -0.3 is 29.3 Å². The van der Waals surface area contributed by atoms with E-state index in [2.05, 4.69) is 17.4 Å². The quantitative estimate of drug-likeness (QED) is 0.216. The highest BCUT2D eigenvalue weighted by atomic mass is 31.2. The fraction of sp³-hybridized carbons (Fsp3) is 0.519. The molecule has 0 aliphatic rings. The number of hydrogen-bond acceptors (Lipinski definition) is 6. The molecule has 0 saturated carbocycles. The molecule has 0 aliphatic carbocycles. The highest BCUT2D eigenvalue weighted by Gasteiger charge is 2.32. The second kappa shape index (κ2) is 13.8. The summed E-state index contributed by atoms with van der Waals surface area (Å²) in [5, 5.41) is 2.70. The molecule has 37 heavy (non-hydrogen) atoms. The third-order valence-electron chi connectivity index (χ3n) is 5.51. The molecular formula is C27H40NO8P. The number of benzene rings is 2. The summed E-state index contributed by atoms with van der Waals surface area (Å²) in [6.45, 7) is 7.02. The Hall–Kier alpha value is -2.58. The molecule has 0 saturated heterocycles. The standard InChI is InChI=1S/C27H40NO8P/c1-26(2,3)36-25(29)28-27(4,20-35-37(30,31)32)17-16-22-14-15-23(24(19-22)33-5)34-18-10-9-13-21-11-7-6-8-12-21/h6-8,11-12,14-15,19H,9-10,13,16-18,20H2,1-5H3,(H,28,29)(H2,30,31,32). The van der Waals surface area contributed by atoms with Crippen molar-refractivity contribution in [2.75, 3.05) is 20.3 Å². The average molecular weight is 538 g/mol. The molecule has 2 aromatic rings. The Morgan fingerprint density at radius 3 is 2.27 bits per heavy atom. The first-order chi connectivity index (χ1) is 17.3. The van der Waals surface area contributed by atoms with Crippen LogP contribution < -0.4 is 14.8 Å². The van der Waals surface area contributed by atoms with Crippen LogP contribution in [0.25, 0.3) is 0 Å². The van der Waals surface area contributed by atoms with E-state index in [1.165, 1.54) is 5.56 Å². The summed E-state index contributed by atoms with van der Waals surface area (Å²) >= 11 is 0. The number of phosphoric acid groups is 1. The van der Waals surface area contributed by atoms with Gasteiger partial charge in [-0.05, 0) is 83.1 Å². The van der Waals surface area contributed by atoms with Crippen molar-refractivity contribution in [3.05, 3.63) is 59.7 Å². The van der Waals surface area contributed by atoms with Crippen molar-refractivity contribution in [1.82, 2.24) is 5.32 Å². The number of phosphoric ester groups is 1. The zero-order chi connectivity index (χ0) is 27.5. The predicted molar refractivity (Wildman–Crippen MR) is 142 cm³/mol. The molecule has 0 bridgehead atoms. The molecule has 1 amide bonds. The number of aryl methyl sites for hydroxylation is 2. The summed E-state index contributed by atoms with van der Waals surface area (Å²) in [4.78, 5) is 30.7. The summed E-state index contributed by atoms with van der Waals surface area (Å²) in [7, 11) is -3.15. The van der Waals surface area contributed by atoms with Crippen molar-refractivity contribution in [2.45, 2.75) is 70.9 Å². The Bertz CT molecular complexity index is 1030. The van der Waals surface area contributed by atoms with Gasteiger partial charge in [-0.15, -0.1) is 0 Å². The topological polar surface area (TPSA) is 124 Å². The van der Waals surface area contributed by atoms with Crippen molar-refractivity contribution in [1.29, 1.82) is 0 Å². The third-order valence-corrected chi connectivity index (χ3v) is 5.97. The molecular weight excluding hydrogens is 497 g/mol. The van der Waals surface area contributed by atoms with E-state index < -0.39 is 31.7 Å². The van der Waals surface area contributed by atoms with Crippen LogP contribution in [-0.4, -0.2) is 47.3 Å². The number of carbonyl (C=O) groups excluding carboxylic acids is 1. The third kappa shape index (κ3) is 12.5. The lowest BCUT2D eigenvalue weighted by atomic mass is 9.94. The maximum atomic E-state index is 12.4. The summed E-state index contributed by atoms with van der Waals surface area (Å²) in [6.07, 6.45) is 3.04. The van der Waals surface area contributed by atoms with Crippen LogP contribution in [-0.2, 0) is 26.7 Å². The largest absolute Gasteiger partial charge is 0.493 e. The number of nitrogens with one attached hydrogen (secondary N) is 1. The van der Waals surface area contributed by atoms with Gasteiger partial charge in [0.25, 0.3) is 0 Å². The number of methoxy groups -OCH3 is 1. The number of carbonyl (C=O) groups is 1. The van der Waals surface area contributed by atoms with E-state index in [-0.39, 0.29) is 0 Å². The molecule has 0 heterocycles. The average Bonchev–Trinajstić information content (AvgIpc) is 2.81. The predicted octanol–water partition coefficient (Wildman–Crippen LogP) is 5.42. The Kier molecular flexibility index (Phi) is 11.4. The number of amides is 1. The zero-order valence-corrected chi connectivity index (χ0v) is 23.3. The minimum atomic E-state index is -4.72. The van der Waals surface area contributed by atoms with Gasteiger partial charge in [0.15, 0.2) is 11.5 Å². The monoisotopic (exact) mass is 537 g/mol. The summed E-state index contributed by atoms with van der Waals surface area (Å²) in [5.41, 5.74) is 0.398. The summed E-state index contributed by atoms with van der Waals surface area (Å²) in [5.74, 6) is 1.24. The molecule has 206 valence electrons. The van der Waals surface area contributed by atoms with Crippen molar-refractivity contribution in [3.8, 4) is 11.5 Å². The van der Waals surface area contributed by atoms with Crippen LogP contribution in [0.3, 0.4) is 0 Å². The second-order valence-electron chi connectivity index (χ2n) is 10.2. The van der Waals surface area contributed by atoms with Crippen LogP contribution >= 0.6 is 7.82 Å². The minimum Gasteiger partial charge on any atom is -0.493 e. The molecule has 3 N–H and O–H groups in total. The van der Waals surface area contributed by atoms with Crippen LogP contribution in [0.5, 0.6) is 11.5 Å². The molecule has 0 aromatic heterocycles. The van der Waals surface area contributed by atoms with Gasteiger partial charge in [-0.25, -0.2) is 9.36 Å². The van der Waals surface area contributed by atoms with E-state index in [1.54, 1.807) is 34.8 Å². The van der Waals surface area contributed by atoms with Gasteiger partial charge in [-0.2, -0.15) is 0 Å².